The van der Waals surface area contributed by atoms with Gasteiger partial charge in [-0.1, -0.05) is 0 Å². The molecule has 0 aromatic carbocycles. The molecular formula is C13H13F4N3O. The molecule has 2 aliphatic heterocycles. The number of carbonyl (C=O) groups is 1. The van der Waals surface area contributed by atoms with Crippen LogP contribution in [0.1, 0.15) is 35.3 Å². The highest BCUT2D eigenvalue weighted by atomic mass is 19.4. The fourth-order valence-electron chi connectivity index (χ4n) is 3.01. The minimum atomic E-state index is -4.85. The summed E-state index contributed by atoms with van der Waals surface area (Å²) in [6.45, 7) is 0. The number of hydrogen-bond acceptors (Lipinski definition) is 3. The Hall–Kier alpha value is -1.70. The highest BCUT2D eigenvalue weighted by molar-refractivity contribution is 5.92. The lowest BCUT2D eigenvalue weighted by atomic mass is 9.95. The second-order valence-electron chi connectivity index (χ2n) is 5.41. The highest BCUT2D eigenvalue weighted by Crippen LogP contribution is 2.32. The maximum Gasteiger partial charge on any atom is 0.419 e. The Morgan fingerprint density at radius 2 is 2.14 bits per heavy atom. The molecule has 1 amide bonds. The molecule has 2 bridgehead atoms. The lowest BCUT2D eigenvalue weighted by Gasteiger charge is -2.21. The number of fused-ring (bicyclic) bond motifs is 2. The van der Waals surface area contributed by atoms with Crippen molar-refractivity contribution < 1.29 is 22.4 Å². The summed E-state index contributed by atoms with van der Waals surface area (Å²) in [5.74, 6) is -2.19. The van der Waals surface area contributed by atoms with Crippen molar-refractivity contribution in [3.05, 3.63) is 29.3 Å². The molecule has 2 aliphatic rings. The number of nitrogens with zero attached hydrogens (tertiary/aromatic N) is 1. The van der Waals surface area contributed by atoms with E-state index in [1.54, 1.807) is 0 Å². The molecule has 114 valence electrons. The Labute approximate surface area is 117 Å². The van der Waals surface area contributed by atoms with Crippen LogP contribution in [-0.2, 0) is 6.18 Å². The Morgan fingerprint density at radius 3 is 2.71 bits per heavy atom. The number of aromatic nitrogens is 1. The first-order chi connectivity index (χ1) is 9.84. The molecule has 0 saturated carbocycles. The minimum absolute atomic E-state index is 0.113. The van der Waals surface area contributed by atoms with Crippen molar-refractivity contribution in [2.45, 2.75) is 43.6 Å². The minimum Gasteiger partial charge on any atom is -0.346 e. The fourth-order valence-corrected chi connectivity index (χ4v) is 3.01. The van der Waals surface area contributed by atoms with Crippen molar-refractivity contribution in [1.82, 2.24) is 15.6 Å². The van der Waals surface area contributed by atoms with Crippen LogP contribution in [0, 0.1) is 5.82 Å². The summed E-state index contributed by atoms with van der Waals surface area (Å²) < 4.78 is 51.0. The maximum absolute atomic E-state index is 13.1. The third-order valence-electron chi connectivity index (χ3n) is 4.01. The number of pyridine rings is 1. The number of carbonyl (C=O) groups excluding carboxylic acids is 1. The van der Waals surface area contributed by atoms with E-state index in [1.165, 1.54) is 0 Å². The Morgan fingerprint density at radius 1 is 1.38 bits per heavy atom. The van der Waals surface area contributed by atoms with Gasteiger partial charge in [0.05, 0.1) is 11.8 Å². The zero-order valence-electron chi connectivity index (χ0n) is 10.9. The molecule has 4 nitrogen and oxygen atoms in total. The Bertz CT molecular complexity index is 575. The van der Waals surface area contributed by atoms with Crippen molar-refractivity contribution in [1.29, 1.82) is 0 Å². The first-order valence-electron chi connectivity index (χ1n) is 6.64. The Balaban J connectivity index is 1.76. The van der Waals surface area contributed by atoms with Crippen LogP contribution < -0.4 is 10.6 Å². The van der Waals surface area contributed by atoms with Crippen LogP contribution in [0.15, 0.2) is 12.3 Å². The monoisotopic (exact) mass is 303 g/mol. The van der Waals surface area contributed by atoms with Gasteiger partial charge in [0.2, 0.25) is 0 Å². The van der Waals surface area contributed by atoms with Crippen LogP contribution in [0.4, 0.5) is 17.6 Å². The van der Waals surface area contributed by atoms with Gasteiger partial charge in [-0.15, -0.1) is 0 Å². The van der Waals surface area contributed by atoms with Crippen LogP contribution in [0.25, 0.3) is 0 Å². The lowest BCUT2D eigenvalue weighted by Crippen LogP contribution is -2.43. The van der Waals surface area contributed by atoms with Gasteiger partial charge in [-0.05, 0) is 25.3 Å². The summed E-state index contributed by atoms with van der Waals surface area (Å²) in [7, 11) is 0. The van der Waals surface area contributed by atoms with Crippen molar-refractivity contribution in [2.24, 2.45) is 0 Å². The van der Waals surface area contributed by atoms with E-state index in [4.69, 9.17) is 0 Å². The van der Waals surface area contributed by atoms with Crippen LogP contribution in [-0.4, -0.2) is 29.0 Å². The van der Waals surface area contributed by atoms with E-state index < -0.39 is 29.2 Å². The molecule has 2 fully saturated rings. The molecule has 3 atom stereocenters. The van der Waals surface area contributed by atoms with Gasteiger partial charge < -0.3 is 10.6 Å². The fraction of sp³-hybridized carbons (Fsp3) is 0.538. The van der Waals surface area contributed by atoms with Crippen LogP contribution in [0.3, 0.4) is 0 Å². The number of alkyl halides is 3. The summed E-state index contributed by atoms with van der Waals surface area (Å²) in [6.07, 6.45) is -1.69. The number of hydrogen-bond donors (Lipinski definition) is 2. The molecule has 2 N–H and O–H groups in total. The van der Waals surface area contributed by atoms with Gasteiger partial charge in [0.15, 0.2) is 5.82 Å². The van der Waals surface area contributed by atoms with Gasteiger partial charge in [0.25, 0.3) is 5.91 Å². The first-order valence-corrected chi connectivity index (χ1v) is 6.64. The molecule has 2 saturated heterocycles. The molecule has 0 spiro atoms. The molecule has 0 radical (unpaired) electrons. The van der Waals surface area contributed by atoms with Gasteiger partial charge in [0, 0.05) is 18.1 Å². The zero-order valence-corrected chi connectivity index (χ0v) is 10.9. The molecule has 8 heteroatoms. The SMILES string of the molecule is O=C(N[C@@H]1C[C@H]2CC[C@@H]1N2)c1cc(C(F)(F)F)c(F)cn1. The summed E-state index contributed by atoms with van der Waals surface area (Å²) in [4.78, 5) is 15.4. The van der Waals surface area contributed by atoms with Gasteiger partial charge in [0.1, 0.15) is 5.69 Å². The van der Waals surface area contributed by atoms with Gasteiger partial charge in [-0.3, -0.25) is 4.79 Å². The second-order valence-corrected chi connectivity index (χ2v) is 5.41. The van der Waals surface area contributed by atoms with E-state index in [0.717, 1.165) is 19.3 Å². The second kappa shape index (κ2) is 4.94. The van der Waals surface area contributed by atoms with Gasteiger partial charge in [-0.25, -0.2) is 9.37 Å². The third kappa shape index (κ3) is 2.72. The molecular weight excluding hydrogens is 290 g/mol. The normalized spacial score (nSPS) is 27.9. The average molecular weight is 303 g/mol. The van der Waals surface area contributed by atoms with Crippen LogP contribution in [0.2, 0.25) is 0 Å². The molecule has 21 heavy (non-hydrogen) atoms. The van der Waals surface area contributed by atoms with Crippen LogP contribution >= 0.6 is 0 Å². The zero-order chi connectivity index (χ0) is 15.2. The van der Waals surface area contributed by atoms with Gasteiger partial charge >= 0.3 is 6.18 Å². The molecule has 0 aliphatic carbocycles. The number of amides is 1. The largest absolute Gasteiger partial charge is 0.419 e. The van der Waals surface area contributed by atoms with E-state index in [0.29, 0.717) is 18.3 Å². The average Bonchev–Trinajstić information content (AvgIpc) is 3.00. The predicted molar refractivity (Wildman–Crippen MR) is 65.0 cm³/mol. The van der Waals surface area contributed by atoms with Crippen molar-refractivity contribution >= 4 is 5.91 Å². The number of rotatable bonds is 2. The van der Waals surface area contributed by atoms with Gasteiger partial charge in [-0.2, -0.15) is 13.2 Å². The van der Waals surface area contributed by atoms with E-state index in [2.05, 4.69) is 15.6 Å². The van der Waals surface area contributed by atoms with Crippen molar-refractivity contribution in [3.8, 4) is 0 Å². The van der Waals surface area contributed by atoms with E-state index in [1.807, 2.05) is 0 Å². The van der Waals surface area contributed by atoms with Crippen LogP contribution in [0.5, 0.6) is 0 Å². The Kier molecular flexibility index (Phi) is 3.35. The molecule has 1 aromatic rings. The lowest BCUT2D eigenvalue weighted by molar-refractivity contribution is -0.140. The smallest absolute Gasteiger partial charge is 0.346 e. The molecule has 3 rings (SSSR count). The van der Waals surface area contributed by atoms with E-state index in [9.17, 15) is 22.4 Å². The maximum atomic E-state index is 13.1. The number of halogens is 4. The molecule has 3 heterocycles. The first kappa shape index (κ1) is 14.2. The summed E-state index contributed by atoms with van der Waals surface area (Å²) in [6, 6.07) is 0.844. The predicted octanol–water partition coefficient (Wildman–Crippen LogP) is 1.86. The number of nitrogens with one attached hydrogen (secondary N) is 2. The quantitative estimate of drug-likeness (QED) is 0.820. The van der Waals surface area contributed by atoms with Crippen molar-refractivity contribution in [2.75, 3.05) is 0 Å². The standard InChI is InChI=1S/C13H13F4N3O/c14-8-5-18-11(4-7(8)13(15,16)17)12(21)20-10-3-6-1-2-9(10)19-6/h4-6,9-10,19H,1-3H2,(H,20,21)/t6-,9+,10-/m1/s1. The third-order valence-corrected chi connectivity index (χ3v) is 4.01. The molecule has 1 aromatic heterocycles. The highest BCUT2D eigenvalue weighted by Gasteiger charge is 2.40. The van der Waals surface area contributed by atoms with E-state index >= 15 is 0 Å². The summed E-state index contributed by atoms with van der Waals surface area (Å²) in [5, 5.41) is 5.98. The van der Waals surface area contributed by atoms with Crippen molar-refractivity contribution in [3.63, 3.8) is 0 Å². The summed E-state index contributed by atoms with van der Waals surface area (Å²) in [5.41, 5.74) is -1.90. The topological polar surface area (TPSA) is 54.0 Å². The van der Waals surface area contributed by atoms with E-state index in [-0.39, 0.29) is 12.1 Å². The summed E-state index contributed by atoms with van der Waals surface area (Å²) >= 11 is 0. The molecule has 0 unspecified atom stereocenters.